The lowest BCUT2D eigenvalue weighted by Gasteiger charge is -2.04. The fourth-order valence-electron chi connectivity index (χ4n) is 3.64. The molecule has 4 aromatic rings. The molecule has 0 fully saturated rings. The topological polar surface area (TPSA) is 116 Å². The Kier molecular flexibility index (Phi) is 5.33. The fraction of sp³-hybridized carbons (Fsp3) is 0.0870. The van der Waals surface area contributed by atoms with Crippen LogP contribution in [0.5, 0.6) is 0 Å². The van der Waals surface area contributed by atoms with Gasteiger partial charge in [-0.05, 0) is 48.5 Å². The molecule has 1 aliphatic heterocycles. The van der Waals surface area contributed by atoms with Crippen molar-refractivity contribution in [3.8, 4) is 11.4 Å². The van der Waals surface area contributed by atoms with Crippen LogP contribution in [0.15, 0.2) is 70.6 Å². The average Bonchev–Trinajstić information content (AvgIpc) is 3.33. The van der Waals surface area contributed by atoms with Crippen LogP contribution in [0.4, 0.5) is 14.5 Å². The van der Waals surface area contributed by atoms with Crippen LogP contribution in [0.3, 0.4) is 0 Å². The van der Waals surface area contributed by atoms with Gasteiger partial charge in [-0.1, -0.05) is 12.1 Å². The Morgan fingerprint density at radius 3 is 2.71 bits per heavy atom. The van der Waals surface area contributed by atoms with Gasteiger partial charge in [0.05, 0.1) is 28.0 Å². The number of hydrogen-bond donors (Lipinski definition) is 3. The first kappa shape index (κ1) is 21.7. The summed E-state index contributed by atoms with van der Waals surface area (Å²) in [5.74, 6) is -1.14. The maximum absolute atomic E-state index is 14.1. The van der Waals surface area contributed by atoms with Gasteiger partial charge in [0.15, 0.2) is 0 Å². The highest BCUT2D eigenvalue weighted by molar-refractivity contribution is 7.90. The Morgan fingerprint density at radius 1 is 1.03 bits per heavy atom. The van der Waals surface area contributed by atoms with Crippen molar-refractivity contribution in [1.29, 1.82) is 0 Å². The first-order chi connectivity index (χ1) is 16.3. The molecule has 1 amide bonds. The smallest absolute Gasteiger partial charge is 0.263 e. The first-order valence-electron chi connectivity index (χ1n) is 10.2. The van der Waals surface area contributed by atoms with E-state index >= 15 is 0 Å². The second-order valence-corrected chi connectivity index (χ2v) is 9.22. The molecule has 2 heterocycles. The summed E-state index contributed by atoms with van der Waals surface area (Å²) in [5.41, 5.74) is 2.01. The van der Waals surface area contributed by atoms with Crippen LogP contribution < -0.4 is 10.0 Å². The van der Waals surface area contributed by atoms with Gasteiger partial charge < -0.3 is 10.3 Å². The lowest BCUT2D eigenvalue weighted by atomic mass is 10.2. The number of nitrogens with one attached hydrogen (secondary N) is 3. The Bertz CT molecular complexity index is 1580. The van der Waals surface area contributed by atoms with Crippen LogP contribution in [-0.2, 0) is 14.8 Å². The predicted octanol–water partition coefficient (Wildman–Crippen LogP) is 3.58. The van der Waals surface area contributed by atoms with Crippen molar-refractivity contribution in [1.82, 2.24) is 14.7 Å². The van der Waals surface area contributed by atoms with E-state index in [4.69, 9.17) is 0 Å². The van der Waals surface area contributed by atoms with Gasteiger partial charge in [-0.25, -0.2) is 22.2 Å². The van der Waals surface area contributed by atoms with E-state index in [1.54, 1.807) is 36.4 Å². The molecule has 0 unspecified atom stereocenters. The minimum atomic E-state index is -3.63. The number of imidazole rings is 1. The van der Waals surface area contributed by atoms with Crippen molar-refractivity contribution in [3.63, 3.8) is 0 Å². The normalized spacial score (nSPS) is 15.3. The number of sulfonamides is 1. The SMILES string of the molecule is O=C(CCN=C1NS(=O)(=O)c2ccccc21)Nc1ccc2nc(-c3cc(F)ccc3F)[nH]c2c1. The first-order valence-corrected chi connectivity index (χ1v) is 11.7. The van der Waals surface area contributed by atoms with Gasteiger partial charge in [-0.3, -0.25) is 14.5 Å². The number of aliphatic imine (C=N–C) groups is 1. The molecular formula is C23H17F2N5O3S. The molecule has 0 saturated carbocycles. The molecule has 0 atom stereocenters. The van der Waals surface area contributed by atoms with Crippen molar-refractivity contribution in [2.24, 2.45) is 4.99 Å². The molecule has 11 heteroatoms. The van der Waals surface area contributed by atoms with E-state index in [9.17, 15) is 22.0 Å². The van der Waals surface area contributed by atoms with E-state index in [2.05, 4.69) is 25.0 Å². The molecule has 3 N–H and O–H groups in total. The zero-order chi connectivity index (χ0) is 23.9. The summed E-state index contributed by atoms with van der Waals surface area (Å²) in [6.07, 6.45) is 0.0220. The molecule has 0 spiro atoms. The van der Waals surface area contributed by atoms with Crippen LogP contribution in [-0.4, -0.2) is 36.7 Å². The number of halogens is 2. The average molecular weight is 481 g/mol. The van der Waals surface area contributed by atoms with E-state index in [0.29, 0.717) is 22.3 Å². The summed E-state index contributed by atoms with van der Waals surface area (Å²) in [4.78, 5) is 24.0. The fourth-order valence-corrected chi connectivity index (χ4v) is 4.89. The summed E-state index contributed by atoms with van der Waals surface area (Å²) in [6, 6.07) is 14.5. The quantitative estimate of drug-likeness (QED) is 0.404. The highest BCUT2D eigenvalue weighted by atomic mass is 32.2. The Morgan fingerprint density at radius 2 is 1.85 bits per heavy atom. The van der Waals surface area contributed by atoms with Crippen molar-refractivity contribution in [2.45, 2.75) is 11.3 Å². The van der Waals surface area contributed by atoms with Crippen molar-refractivity contribution < 1.29 is 22.0 Å². The van der Waals surface area contributed by atoms with Crippen LogP contribution in [0.1, 0.15) is 12.0 Å². The lowest BCUT2D eigenvalue weighted by molar-refractivity contribution is -0.116. The third kappa shape index (κ3) is 4.13. The number of hydrogen-bond acceptors (Lipinski definition) is 5. The van der Waals surface area contributed by atoms with Gasteiger partial charge in [0, 0.05) is 17.7 Å². The number of nitrogens with zero attached hydrogens (tertiary/aromatic N) is 2. The monoisotopic (exact) mass is 481 g/mol. The number of H-pyrrole nitrogens is 1. The number of carbonyl (C=O) groups is 1. The third-order valence-electron chi connectivity index (χ3n) is 5.22. The molecule has 5 rings (SSSR count). The number of amides is 1. The second kappa shape index (κ2) is 8.34. The Labute approximate surface area is 192 Å². The second-order valence-electron chi connectivity index (χ2n) is 7.57. The van der Waals surface area contributed by atoms with E-state index in [1.807, 2.05) is 0 Å². The molecule has 8 nitrogen and oxygen atoms in total. The lowest BCUT2D eigenvalue weighted by Crippen LogP contribution is -2.23. The van der Waals surface area contributed by atoms with E-state index in [-0.39, 0.29) is 41.0 Å². The highest BCUT2D eigenvalue weighted by Crippen LogP contribution is 2.26. The van der Waals surface area contributed by atoms with Crippen LogP contribution in [0, 0.1) is 11.6 Å². The minimum Gasteiger partial charge on any atom is -0.338 e. The van der Waals surface area contributed by atoms with E-state index in [0.717, 1.165) is 18.2 Å². The summed E-state index contributed by atoms with van der Waals surface area (Å²) in [7, 11) is -3.63. The maximum atomic E-state index is 14.1. The largest absolute Gasteiger partial charge is 0.338 e. The molecule has 0 radical (unpaired) electrons. The predicted molar refractivity (Wildman–Crippen MR) is 123 cm³/mol. The highest BCUT2D eigenvalue weighted by Gasteiger charge is 2.29. The number of aromatic amines is 1. The summed E-state index contributed by atoms with van der Waals surface area (Å²) in [6.45, 7) is 0.0767. The van der Waals surface area contributed by atoms with Crippen molar-refractivity contribution >= 4 is 38.5 Å². The molecule has 1 aliphatic rings. The van der Waals surface area contributed by atoms with Gasteiger partial charge >= 0.3 is 0 Å². The summed E-state index contributed by atoms with van der Waals surface area (Å²) >= 11 is 0. The molecule has 1 aromatic heterocycles. The standard InChI is InChI=1S/C23H17F2N5O3S/c24-13-5-7-17(25)16(11-13)23-28-18-8-6-14(12-19(18)29-23)27-21(31)9-10-26-22-15-3-1-2-4-20(15)34(32,33)30-22/h1-8,11-12H,9-10H2,(H,26,30)(H,27,31)(H,28,29). The third-order valence-corrected chi connectivity index (χ3v) is 6.62. The minimum absolute atomic E-state index is 0.00464. The zero-order valence-corrected chi connectivity index (χ0v) is 18.3. The number of rotatable bonds is 5. The number of aromatic nitrogens is 2. The van der Waals surface area contributed by atoms with Gasteiger partial charge in [0.25, 0.3) is 10.0 Å². The molecule has 0 aliphatic carbocycles. The Balaban J connectivity index is 1.27. The Hall–Kier alpha value is -4.12. The van der Waals surface area contributed by atoms with E-state index in [1.165, 1.54) is 6.07 Å². The molecular weight excluding hydrogens is 464 g/mol. The maximum Gasteiger partial charge on any atom is 0.263 e. The number of fused-ring (bicyclic) bond motifs is 2. The van der Waals surface area contributed by atoms with E-state index < -0.39 is 21.7 Å². The molecule has 172 valence electrons. The van der Waals surface area contributed by atoms with Crippen LogP contribution in [0.2, 0.25) is 0 Å². The summed E-state index contributed by atoms with van der Waals surface area (Å²) < 4.78 is 54.2. The number of carbonyl (C=O) groups excluding carboxylic acids is 1. The number of benzene rings is 3. The van der Waals surface area contributed by atoms with Gasteiger partial charge in [0.2, 0.25) is 5.91 Å². The molecule has 34 heavy (non-hydrogen) atoms. The van der Waals surface area contributed by atoms with Crippen molar-refractivity contribution in [2.75, 3.05) is 11.9 Å². The molecule has 0 saturated heterocycles. The van der Waals surface area contributed by atoms with Gasteiger partial charge in [0.1, 0.15) is 23.3 Å². The van der Waals surface area contributed by atoms with Crippen LogP contribution in [0.25, 0.3) is 22.4 Å². The number of amidine groups is 1. The summed E-state index contributed by atoms with van der Waals surface area (Å²) in [5, 5.41) is 2.74. The van der Waals surface area contributed by atoms with Gasteiger partial charge in [-0.2, -0.15) is 0 Å². The number of anilines is 1. The van der Waals surface area contributed by atoms with Crippen LogP contribution >= 0.6 is 0 Å². The molecule has 0 bridgehead atoms. The molecule has 3 aromatic carbocycles. The van der Waals surface area contributed by atoms with Gasteiger partial charge in [-0.15, -0.1) is 0 Å². The zero-order valence-electron chi connectivity index (χ0n) is 17.5. The van der Waals surface area contributed by atoms with Crippen molar-refractivity contribution in [3.05, 3.63) is 77.9 Å².